The second-order valence-electron chi connectivity index (χ2n) is 14.6. The number of carbonyl (C=O) groups excluding carboxylic acids is 2. The van der Waals surface area contributed by atoms with E-state index in [0.29, 0.717) is 113 Å². The minimum absolute atomic E-state index is 0.423. The first kappa shape index (κ1) is 48.7. The van der Waals surface area contributed by atoms with Crippen LogP contribution in [0.5, 0.6) is 34.5 Å². The maximum Gasteiger partial charge on any atom is 0.343 e. The summed E-state index contributed by atoms with van der Waals surface area (Å²) in [7, 11) is 0. The summed E-state index contributed by atoms with van der Waals surface area (Å²) < 4.78 is 55.9. The van der Waals surface area contributed by atoms with Crippen molar-refractivity contribution in [2.45, 2.75) is 26.7 Å². The van der Waals surface area contributed by atoms with E-state index in [-0.39, 0.29) is 0 Å². The van der Waals surface area contributed by atoms with Crippen LogP contribution in [0, 0.1) is 0 Å². The van der Waals surface area contributed by atoms with Crippen molar-refractivity contribution in [2.24, 2.45) is 0 Å². The fourth-order valence-electron chi connectivity index (χ4n) is 6.37. The van der Waals surface area contributed by atoms with Gasteiger partial charge in [-0.2, -0.15) is 0 Å². The van der Waals surface area contributed by atoms with Crippen LogP contribution < -0.4 is 28.4 Å². The summed E-state index contributed by atoms with van der Waals surface area (Å²) >= 11 is 0. The van der Waals surface area contributed by atoms with Gasteiger partial charge >= 0.3 is 11.9 Å². The van der Waals surface area contributed by atoms with Crippen LogP contribution in [0.25, 0.3) is 22.3 Å². The Morgan fingerprint density at radius 2 is 0.561 bits per heavy atom. The highest BCUT2D eigenvalue weighted by atomic mass is 16.6. The normalized spacial score (nSPS) is 10.9. The van der Waals surface area contributed by atoms with E-state index in [4.69, 9.17) is 47.4 Å². The van der Waals surface area contributed by atoms with Gasteiger partial charge in [-0.05, 0) is 146 Å². The zero-order valence-electron chi connectivity index (χ0n) is 37.7. The third-order valence-electron chi connectivity index (χ3n) is 9.91. The highest BCUT2D eigenvalue weighted by Gasteiger charge is 2.12. The fraction of sp³-hybridized carbons (Fsp3) is 0.296. The Bertz CT molecular complexity index is 2130. The van der Waals surface area contributed by atoms with Gasteiger partial charge < -0.3 is 47.4 Å². The second kappa shape index (κ2) is 27.6. The van der Waals surface area contributed by atoms with Crippen molar-refractivity contribution in [3.05, 3.63) is 157 Å². The number of unbranched alkanes of at least 4 members (excludes halogenated alkanes) is 1. The number of esters is 2. The lowest BCUT2D eigenvalue weighted by atomic mass is 10.0. The van der Waals surface area contributed by atoms with Crippen molar-refractivity contribution in [2.75, 3.05) is 79.3 Å². The Morgan fingerprint density at radius 1 is 0.303 bits per heavy atom. The third-order valence-corrected chi connectivity index (χ3v) is 9.91. The minimum Gasteiger partial charge on any atom is -0.494 e. The molecule has 0 spiro atoms. The first-order valence-corrected chi connectivity index (χ1v) is 22.3. The molecule has 346 valence electrons. The standard InChI is InChI=1S/C54H58O12/c1-3-57-33-35-59-37-39-63-47-19-15-43(16-20-47)41-7-11-45(12-8-41)53(55)65-51-27-23-49(24-28-51)61-31-5-6-32-62-50-25-29-52(30-26-50)66-54(56)46-13-9-42(10-14-46)44-17-21-48(22-18-44)64-40-38-60-36-34-58-4-2/h7-30H,3-6,31-40H2,1-2H3. The molecule has 12 heteroatoms. The Balaban J connectivity index is 0.823. The van der Waals surface area contributed by atoms with E-state index in [1.807, 2.05) is 86.6 Å². The molecule has 0 aliphatic rings. The molecule has 0 fully saturated rings. The quantitative estimate of drug-likeness (QED) is 0.0253. The summed E-state index contributed by atoms with van der Waals surface area (Å²) in [5.74, 6) is 2.82. The molecule has 0 unspecified atom stereocenters. The fourth-order valence-corrected chi connectivity index (χ4v) is 6.37. The molecule has 0 saturated carbocycles. The van der Waals surface area contributed by atoms with Crippen molar-refractivity contribution < 1.29 is 57.0 Å². The molecule has 0 amide bonds. The molecule has 6 aromatic carbocycles. The molecule has 0 N–H and O–H groups in total. The molecule has 0 saturated heterocycles. The van der Waals surface area contributed by atoms with Crippen LogP contribution in [0.15, 0.2) is 146 Å². The number of hydrogen-bond acceptors (Lipinski definition) is 12. The van der Waals surface area contributed by atoms with Gasteiger partial charge in [0.05, 0.1) is 64.0 Å². The number of hydrogen-bond donors (Lipinski definition) is 0. The summed E-state index contributed by atoms with van der Waals surface area (Å²) in [5, 5.41) is 0. The van der Waals surface area contributed by atoms with Gasteiger partial charge in [0.25, 0.3) is 0 Å². The van der Waals surface area contributed by atoms with Crippen molar-refractivity contribution in [1.29, 1.82) is 0 Å². The lowest BCUT2D eigenvalue weighted by Gasteiger charge is -2.10. The molecule has 0 bridgehead atoms. The SMILES string of the molecule is CCOCCOCCOc1ccc(-c2ccc(C(=O)Oc3ccc(OCCCCOc4ccc(OC(=O)c5ccc(-c6ccc(OCCOCCOCC)cc6)cc5)cc4)cc3)cc2)cc1. The summed E-state index contributed by atoms with van der Waals surface area (Å²) in [6.07, 6.45) is 1.55. The van der Waals surface area contributed by atoms with E-state index in [0.717, 1.165) is 46.6 Å². The van der Waals surface area contributed by atoms with Crippen LogP contribution in [-0.4, -0.2) is 91.2 Å². The third kappa shape index (κ3) is 16.7. The number of benzene rings is 6. The lowest BCUT2D eigenvalue weighted by molar-refractivity contribution is 0.0405. The zero-order chi connectivity index (χ0) is 46.0. The highest BCUT2D eigenvalue weighted by Crippen LogP contribution is 2.26. The number of carbonyl (C=O) groups is 2. The molecule has 0 aliphatic heterocycles. The maximum atomic E-state index is 12.8. The van der Waals surface area contributed by atoms with Crippen LogP contribution in [0.4, 0.5) is 0 Å². The smallest absolute Gasteiger partial charge is 0.343 e. The van der Waals surface area contributed by atoms with Crippen LogP contribution in [0.1, 0.15) is 47.4 Å². The highest BCUT2D eigenvalue weighted by molar-refractivity contribution is 5.92. The largest absolute Gasteiger partial charge is 0.494 e. The monoisotopic (exact) mass is 898 g/mol. The zero-order valence-corrected chi connectivity index (χ0v) is 37.7. The molecule has 6 aromatic rings. The molecule has 0 radical (unpaired) electrons. The Morgan fingerprint density at radius 3 is 0.894 bits per heavy atom. The molecule has 0 atom stereocenters. The summed E-state index contributed by atoms with van der Waals surface area (Å²) in [5.41, 5.74) is 4.83. The average Bonchev–Trinajstić information content (AvgIpc) is 3.36. The van der Waals surface area contributed by atoms with Crippen LogP contribution in [0.2, 0.25) is 0 Å². The van der Waals surface area contributed by atoms with Gasteiger partial charge in [-0.15, -0.1) is 0 Å². The Labute approximate surface area is 387 Å². The number of rotatable bonds is 29. The van der Waals surface area contributed by atoms with Crippen molar-refractivity contribution in [1.82, 2.24) is 0 Å². The molecular weight excluding hydrogens is 841 g/mol. The van der Waals surface area contributed by atoms with E-state index < -0.39 is 11.9 Å². The Kier molecular flexibility index (Phi) is 20.4. The van der Waals surface area contributed by atoms with E-state index in [1.165, 1.54) is 0 Å². The predicted octanol–water partition coefficient (Wildman–Crippen LogP) is 10.6. The van der Waals surface area contributed by atoms with E-state index in [1.54, 1.807) is 72.8 Å². The lowest BCUT2D eigenvalue weighted by Crippen LogP contribution is -2.10. The molecule has 12 nitrogen and oxygen atoms in total. The van der Waals surface area contributed by atoms with Crippen molar-refractivity contribution in [3.8, 4) is 56.8 Å². The average molecular weight is 899 g/mol. The van der Waals surface area contributed by atoms with E-state index in [2.05, 4.69) is 0 Å². The predicted molar refractivity (Wildman–Crippen MR) is 252 cm³/mol. The van der Waals surface area contributed by atoms with Crippen molar-refractivity contribution >= 4 is 11.9 Å². The van der Waals surface area contributed by atoms with Gasteiger partial charge in [0.15, 0.2) is 0 Å². The summed E-state index contributed by atoms with van der Waals surface area (Å²) in [6, 6.07) is 44.1. The van der Waals surface area contributed by atoms with Crippen molar-refractivity contribution in [3.63, 3.8) is 0 Å². The molecule has 66 heavy (non-hydrogen) atoms. The molecule has 0 aliphatic carbocycles. The molecule has 6 rings (SSSR count). The Hall–Kier alpha value is -6.70. The molecular formula is C54H58O12. The topological polar surface area (TPSA) is 126 Å². The van der Waals surface area contributed by atoms with Gasteiger partial charge in [-0.25, -0.2) is 9.59 Å². The van der Waals surface area contributed by atoms with Gasteiger partial charge in [-0.3, -0.25) is 0 Å². The van der Waals surface area contributed by atoms with Crippen LogP contribution >= 0.6 is 0 Å². The number of ether oxygens (including phenoxy) is 10. The van der Waals surface area contributed by atoms with Gasteiger partial charge in [0.1, 0.15) is 47.7 Å². The summed E-state index contributed by atoms with van der Waals surface area (Å²) in [6.45, 7) is 10.4. The van der Waals surface area contributed by atoms with Gasteiger partial charge in [0.2, 0.25) is 0 Å². The minimum atomic E-state index is -0.447. The first-order chi connectivity index (χ1) is 32.5. The van der Waals surface area contributed by atoms with Crippen LogP contribution in [0.3, 0.4) is 0 Å². The maximum absolute atomic E-state index is 12.8. The first-order valence-electron chi connectivity index (χ1n) is 22.3. The van der Waals surface area contributed by atoms with Gasteiger partial charge in [-0.1, -0.05) is 48.5 Å². The van der Waals surface area contributed by atoms with E-state index >= 15 is 0 Å². The second-order valence-corrected chi connectivity index (χ2v) is 14.6. The molecule has 0 aromatic heterocycles. The van der Waals surface area contributed by atoms with Gasteiger partial charge in [0, 0.05) is 13.2 Å². The molecule has 0 heterocycles. The summed E-state index contributed by atoms with van der Waals surface area (Å²) in [4.78, 5) is 25.7. The van der Waals surface area contributed by atoms with E-state index in [9.17, 15) is 9.59 Å². The van der Waals surface area contributed by atoms with Crippen LogP contribution in [-0.2, 0) is 18.9 Å².